The lowest BCUT2D eigenvalue weighted by molar-refractivity contribution is 0.0659. The molecule has 0 amide bonds. The highest BCUT2D eigenvalue weighted by atomic mass is 16.5. The third-order valence-electron chi connectivity index (χ3n) is 3.07. The molecule has 1 aromatic heterocycles. The molecule has 1 saturated heterocycles. The van der Waals surface area contributed by atoms with E-state index in [1.54, 1.807) is 0 Å². The van der Waals surface area contributed by atoms with Gasteiger partial charge in [0.05, 0.1) is 6.10 Å². The van der Waals surface area contributed by atoms with Crippen LogP contribution in [0.5, 0.6) is 5.88 Å². The van der Waals surface area contributed by atoms with Gasteiger partial charge < -0.3 is 15.2 Å². The molecule has 0 aromatic carbocycles. The first-order valence-corrected chi connectivity index (χ1v) is 6.12. The Morgan fingerprint density at radius 1 is 1.53 bits per heavy atom. The van der Waals surface area contributed by atoms with E-state index in [1.165, 1.54) is 0 Å². The van der Waals surface area contributed by atoms with Crippen molar-refractivity contribution in [2.45, 2.75) is 39.3 Å². The van der Waals surface area contributed by atoms with Gasteiger partial charge in [0.15, 0.2) is 0 Å². The zero-order valence-corrected chi connectivity index (χ0v) is 10.5. The Hall–Kier alpha value is -1.13. The molecular formula is C13H20N2O2. The molecule has 1 fully saturated rings. The quantitative estimate of drug-likeness (QED) is 0.864. The van der Waals surface area contributed by atoms with Gasteiger partial charge in [-0.1, -0.05) is 0 Å². The molecule has 0 saturated carbocycles. The summed E-state index contributed by atoms with van der Waals surface area (Å²) in [5.41, 5.74) is 8.83. The number of hydrogen-bond acceptors (Lipinski definition) is 4. The van der Waals surface area contributed by atoms with Crippen LogP contribution in [0.1, 0.15) is 29.7 Å². The highest BCUT2D eigenvalue weighted by Gasteiger charge is 2.17. The number of aryl methyl sites for hydroxylation is 2. The predicted molar refractivity (Wildman–Crippen MR) is 66.1 cm³/mol. The van der Waals surface area contributed by atoms with Gasteiger partial charge >= 0.3 is 0 Å². The third-order valence-corrected chi connectivity index (χ3v) is 3.07. The maximum atomic E-state index is 5.76. The fraction of sp³-hybridized carbons (Fsp3) is 0.615. The fourth-order valence-electron chi connectivity index (χ4n) is 2.14. The third kappa shape index (κ3) is 2.96. The summed E-state index contributed by atoms with van der Waals surface area (Å²) in [5.74, 6) is 0.667. The predicted octanol–water partition coefficient (Wildman–Crippen LogP) is 1.71. The van der Waals surface area contributed by atoms with Crippen LogP contribution in [-0.4, -0.2) is 24.3 Å². The van der Waals surface area contributed by atoms with E-state index in [2.05, 4.69) is 4.98 Å². The summed E-state index contributed by atoms with van der Waals surface area (Å²) in [5, 5.41) is 0. The summed E-state index contributed by atoms with van der Waals surface area (Å²) in [6.07, 6.45) is 2.41. The van der Waals surface area contributed by atoms with E-state index >= 15 is 0 Å². The van der Waals surface area contributed by atoms with Crippen molar-refractivity contribution in [2.75, 3.05) is 13.2 Å². The van der Waals surface area contributed by atoms with Crippen molar-refractivity contribution in [3.63, 3.8) is 0 Å². The number of aromatic nitrogens is 1. The minimum absolute atomic E-state index is 0.211. The molecule has 1 aliphatic rings. The Balaban J connectivity index is 2.07. The molecule has 2 rings (SSSR count). The van der Waals surface area contributed by atoms with Gasteiger partial charge in [-0.15, -0.1) is 0 Å². The summed E-state index contributed by atoms with van der Waals surface area (Å²) in [7, 11) is 0. The normalized spacial score (nSPS) is 19.6. The van der Waals surface area contributed by atoms with Gasteiger partial charge in [0.25, 0.3) is 0 Å². The second kappa shape index (κ2) is 5.47. The molecule has 0 aliphatic carbocycles. The van der Waals surface area contributed by atoms with Crippen LogP contribution in [-0.2, 0) is 11.3 Å². The van der Waals surface area contributed by atoms with Gasteiger partial charge in [-0.05, 0) is 38.3 Å². The molecule has 2 heterocycles. The van der Waals surface area contributed by atoms with Crippen LogP contribution in [0.3, 0.4) is 0 Å². The molecule has 4 nitrogen and oxygen atoms in total. The van der Waals surface area contributed by atoms with E-state index in [4.69, 9.17) is 15.2 Å². The Morgan fingerprint density at radius 2 is 2.35 bits per heavy atom. The van der Waals surface area contributed by atoms with E-state index in [9.17, 15) is 0 Å². The Morgan fingerprint density at radius 3 is 3.00 bits per heavy atom. The monoisotopic (exact) mass is 236 g/mol. The first kappa shape index (κ1) is 12.3. The van der Waals surface area contributed by atoms with E-state index in [0.29, 0.717) is 19.0 Å². The van der Waals surface area contributed by atoms with Crippen LogP contribution in [0, 0.1) is 13.8 Å². The van der Waals surface area contributed by atoms with Crippen molar-refractivity contribution in [1.82, 2.24) is 4.98 Å². The van der Waals surface area contributed by atoms with E-state index in [-0.39, 0.29) is 6.10 Å². The Bertz CT molecular complexity index is 387. The summed E-state index contributed by atoms with van der Waals surface area (Å²) in [6, 6.07) is 2.03. The van der Waals surface area contributed by atoms with E-state index in [1.807, 2.05) is 19.9 Å². The molecule has 1 unspecified atom stereocenters. The van der Waals surface area contributed by atoms with Gasteiger partial charge in [-0.25, -0.2) is 4.98 Å². The van der Waals surface area contributed by atoms with Gasteiger partial charge in [0, 0.05) is 24.4 Å². The largest absolute Gasteiger partial charge is 0.475 e. The van der Waals surface area contributed by atoms with Gasteiger partial charge in [0.2, 0.25) is 5.88 Å². The van der Waals surface area contributed by atoms with Gasteiger partial charge in [-0.3, -0.25) is 0 Å². The minimum Gasteiger partial charge on any atom is -0.475 e. The zero-order valence-electron chi connectivity index (χ0n) is 10.5. The lowest BCUT2D eigenvalue weighted by Crippen LogP contribution is -2.18. The van der Waals surface area contributed by atoms with Crippen LogP contribution in [0.15, 0.2) is 6.07 Å². The second-order valence-corrected chi connectivity index (χ2v) is 4.51. The molecule has 4 heteroatoms. The van der Waals surface area contributed by atoms with Crippen molar-refractivity contribution in [2.24, 2.45) is 5.73 Å². The molecule has 94 valence electrons. The number of pyridine rings is 1. The first-order valence-electron chi connectivity index (χ1n) is 6.12. The lowest BCUT2D eigenvalue weighted by Gasteiger charge is -2.15. The molecule has 1 aromatic rings. The number of ether oxygens (including phenoxy) is 2. The van der Waals surface area contributed by atoms with Gasteiger partial charge in [0.1, 0.15) is 6.61 Å². The first-order chi connectivity index (χ1) is 8.20. The molecule has 1 atom stereocenters. The molecule has 2 N–H and O–H groups in total. The highest BCUT2D eigenvalue weighted by molar-refractivity contribution is 5.35. The Kier molecular flexibility index (Phi) is 3.97. The zero-order chi connectivity index (χ0) is 12.3. The standard InChI is InChI=1S/C13H20N2O2/c1-9-6-10(2)15-13(12(9)7-14)17-8-11-4-3-5-16-11/h6,11H,3-5,7-8,14H2,1-2H3. The summed E-state index contributed by atoms with van der Waals surface area (Å²) in [4.78, 5) is 4.41. The highest BCUT2D eigenvalue weighted by Crippen LogP contribution is 2.21. The smallest absolute Gasteiger partial charge is 0.218 e. The van der Waals surface area contributed by atoms with Crippen molar-refractivity contribution < 1.29 is 9.47 Å². The average molecular weight is 236 g/mol. The van der Waals surface area contributed by atoms with Gasteiger partial charge in [-0.2, -0.15) is 0 Å². The molecule has 0 bridgehead atoms. The fourth-order valence-corrected chi connectivity index (χ4v) is 2.14. The maximum absolute atomic E-state index is 5.76. The minimum atomic E-state index is 0.211. The summed E-state index contributed by atoms with van der Waals surface area (Å²) < 4.78 is 11.3. The molecular weight excluding hydrogens is 216 g/mol. The topological polar surface area (TPSA) is 57.4 Å². The average Bonchev–Trinajstić information content (AvgIpc) is 2.78. The second-order valence-electron chi connectivity index (χ2n) is 4.51. The molecule has 0 radical (unpaired) electrons. The SMILES string of the molecule is Cc1cc(C)c(CN)c(OCC2CCCO2)n1. The number of nitrogens with two attached hydrogens (primary N) is 1. The maximum Gasteiger partial charge on any atom is 0.218 e. The van der Waals surface area contributed by atoms with Crippen LogP contribution in [0.4, 0.5) is 0 Å². The molecule has 17 heavy (non-hydrogen) atoms. The van der Waals surface area contributed by atoms with Crippen molar-refractivity contribution >= 4 is 0 Å². The number of hydrogen-bond donors (Lipinski definition) is 1. The van der Waals surface area contributed by atoms with E-state index < -0.39 is 0 Å². The molecule has 0 spiro atoms. The molecule has 1 aliphatic heterocycles. The van der Waals surface area contributed by atoms with Crippen molar-refractivity contribution in [3.05, 3.63) is 22.9 Å². The lowest BCUT2D eigenvalue weighted by atomic mass is 10.1. The number of rotatable bonds is 4. The van der Waals surface area contributed by atoms with Crippen molar-refractivity contribution in [1.29, 1.82) is 0 Å². The summed E-state index contributed by atoms with van der Waals surface area (Å²) >= 11 is 0. The van der Waals surface area contributed by atoms with Crippen LogP contribution in [0.25, 0.3) is 0 Å². The van der Waals surface area contributed by atoms with Crippen LogP contribution < -0.4 is 10.5 Å². The Labute approximate surface area is 102 Å². The van der Waals surface area contributed by atoms with Crippen molar-refractivity contribution in [3.8, 4) is 5.88 Å². The van der Waals surface area contributed by atoms with Crippen LogP contribution >= 0.6 is 0 Å². The van der Waals surface area contributed by atoms with Crippen LogP contribution in [0.2, 0.25) is 0 Å². The van der Waals surface area contributed by atoms with E-state index in [0.717, 1.165) is 36.3 Å². The summed E-state index contributed by atoms with van der Waals surface area (Å²) in [6.45, 7) is 5.88. The number of nitrogens with zero attached hydrogens (tertiary/aromatic N) is 1.